The van der Waals surface area contributed by atoms with Gasteiger partial charge in [0.05, 0.1) is 5.75 Å². The number of rotatable bonds is 5. The van der Waals surface area contributed by atoms with Crippen molar-refractivity contribution in [2.24, 2.45) is 0 Å². The highest BCUT2D eigenvalue weighted by atomic mass is 32.2. The van der Waals surface area contributed by atoms with Gasteiger partial charge in [-0.2, -0.15) is 0 Å². The maximum absolute atomic E-state index is 12.8. The number of nitrogens with zero attached hydrogens (tertiary/aromatic N) is 2. The van der Waals surface area contributed by atoms with Gasteiger partial charge in [0, 0.05) is 22.6 Å². The molecule has 4 nitrogen and oxygen atoms in total. The van der Waals surface area contributed by atoms with Gasteiger partial charge in [-0.25, -0.2) is 18.7 Å². The van der Waals surface area contributed by atoms with Gasteiger partial charge in [0.25, 0.3) is 6.43 Å². The number of halogens is 2. The molecule has 0 bridgehead atoms. The molecule has 7 heteroatoms. The molecule has 0 atom stereocenters. The Morgan fingerprint density at radius 2 is 1.86 bits per heavy atom. The first-order valence-electron chi connectivity index (χ1n) is 6.57. The van der Waals surface area contributed by atoms with Crippen LogP contribution in [0.5, 0.6) is 0 Å². The van der Waals surface area contributed by atoms with Crippen molar-refractivity contribution in [3.8, 4) is 0 Å². The summed E-state index contributed by atoms with van der Waals surface area (Å²) in [6.07, 6.45) is -2.63. The molecular weight excluding hydrogens is 308 g/mol. The Balaban J connectivity index is 1.99. The average molecular weight is 323 g/mol. The van der Waals surface area contributed by atoms with E-state index in [9.17, 15) is 13.6 Å². The van der Waals surface area contributed by atoms with Crippen molar-refractivity contribution < 1.29 is 13.6 Å². The van der Waals surface area contributed by atoms with E-state index in [1.807, 2.05) is 19.9 Å². The summed E-state index contributed by atoms with van der Waals surface area (Å²) in [5.41, 5.74) is 1.57. The molecule has 0 aliphatic rings. The molecule has 0 saturated heterocycles. The van der Waals surface area contributed by atoms with Gasteiger partial charge in [0.2, 0.25) is 5.91 Å². The minimum atomic E-state index is -2.63. The number of thioether (sulfide) groups is 1. The molecule has 116 valence electrons. The van der Waals surface area contributed by atoms with Crippen LogP contribution in [0.3, 0.4) is 0 Å². The van der Waals surface area contributed by atoms with E-state index in [0.29, 0.717) is 5.16 Å². The molecule has 1 N–H and O–H groups in total. The van der Waals surface area contributed by atoms with Crippen LogP contribution in [0.4, 0.5) is 14.5 Å². The van der Waals surface area contributed by atoms with Crippen LogP contribution >= 0.6 is 11.8 Å². The summed E-state index contributed by atoms with van der Waals surface area (Å²) in [5.74, 6) is -0.318. The number of nitrogens with one attached hydrogen (secondary N) is 1. The SMILES string of the molecule is Cc1cc(C)nc(SCC(=O)Nc2ccccc2C(F)F)n1. The molecule has 1 aromatic heterocycles. The lowest BCUT2D eigenvalue weighted by atomic mass is 10.2. The number of amides is 1. The first-order valence-corrected chi connectivity index (χ1v) is 7.56. The van der Waals surface area contributed by atoms with Crippen LogP contribution in [-0.4, -0.2) is 21.6 Å². The van der Waals surface area contributed by atoms with Gasteiger partial charge in [-0.1, -0.05) is 30.0 Å². The van der Waals surface area contributed by atoms with Crippen molar-refractivity contribution in [3.63, 3.8) is 0 Å². The number of alkyl halides is 2. The highest BCUT2D eigenvalue weighted by molar-refractivity contribution is 7.99. The Bertz CT molecular complexity index is 659. The van der Waals surface area contributed by atoms with E-state index in [0.717, 1.165) is 11.4 Å². The third-order valence-electron chi connectivity index (χ3n) is 2.76. The van der Waals surface area contributed by atoms with Crippen LogP contribution in [0.25, 0.3) is 0 Å². The van der Waals surface area contributed by atoms with E-state index in [-0.39, 0.29) is 22.9 Å². The van der Waals surface area contributed by atoms with Crippen LogP contribution in [0.2, 0.25) is 0 Å². The third kappa shape index (κ3) is 4.49. The molecule has 0 aliphatic carbocycles. The van der Waals surface area contributed by atoms with Crippen molar-refractivity contribution in [2.45, 2.75) is 25.4 Å². The Hall–Kier alpha value is -2.02. The summed E-state index contributed by atoms with van der Waals surface area (Å²) in [5, 5.41) is 2.99. The summed E-state index contributed by atoms with van der Waals surface area (Å²) >= 11 is 1.17. The van der Waals surface area contributed by atoms with E-state index in [1.165, 1.54) is 30.0 Å². The van der Waals surface area contributed by atoms with E-state index < -0.39 is 6.43 Å². The van der Waals surface area contributed by atoms with Gasteiger partial charge >= 0.3 is 0 Å². The van der Waals surface area contributed by atoms with Crippen LogP contribution in [0, 0.1) is 13.8 Å². The summed E-state index contributed by atoms with van der Waals surface area (Å²) in [7, 11) is 0. The van der Waals surface area contributed by atoms with Gasteiger partial charge in [-0.05, 0) is 26.0 Å². The fraction of sp³-hybridized carbons (Fsp3) is 0.267. The quantitative estimate of drug-likeness (QED) is 0.672. The Morgan fingerprint density at radius 1 is 1.23 bits per heavy atom. The maximum Gasteiger partial charge on any atom is 0.265 e. The van der Waals surface area contributed by atoms with Gasteiger partial charge in [-0.15, -0.1) is 0 Å². The number of hydrogen-bond donors (Lipinski definition) is 1. The zero-order chi connectivity index (χ0) is 16.1. The predicted octanol–water partition coefficient (Wildman–Crippen LogP) is 3.76. The number of hydrogen-bond acceptors (Lipinski definition) is 4. The molecule has 0 spiro atoms. The molecule has 1 amide bonds. The number of carbonyl (C=O) groups excluding carboxylic acids is 1. The van der Waals surface area contributed by atoms with Gasteiger partial charge in [0.1, 0.15) is 0 Å². The zero-order valence-corrected chi connectivity index (χ0v) is 13.0. The summed E-state index contributed by atoms with van der Waals surface area (Å²) in [6, 6.07) is 7.69. The predicted molar refractivity (Wildman–Crippen MR) is 82.3 cm³/mol. The molecule has 1 heterocycles. The summed E-state index contributed by atoms with van der Waals surface area (Å²) in [6.45, 7) is 3.69. The molecule has 0 fully saturated rings. The van der Waals surface area contributed by atoms with Crippen LogP contribution < -0.4 is 5.32 Å². The number of benzene rings is 1. The molecule has 2 rings (SSSR count). The van der Waals surface area contributed by atoms with Crippen LogP contribution in [0.15, 0.2) is 35.5 Å². The lowest BCUT2D eigenvalue weighted by Crippen LogP contribution is -2.15. The number of carbonyl (C=O) groups is 1. The lowest BCUT2D eigenvalue weighted by Gasteiger charge is -2.10. The maximum atomic E-state index is 12.8. The molecule has 0 unspecified atom stereocenters. The van der Waals surface area contributed by atoms with E-state index in [2.05, 4.69) is 15.3 Å². The molecule has 0 saturated carbocycles. The number of para-hydroxylation sites is 1. The molecule has 22 heavy (non-hydrogen) atoms. The Kier molecular flexibility index (Phi) is 5.43. The standard InChI is InChI=1S/C15H15F2N3OS/c1-9-7-10(2)19-15(18-9)22-8-13(21)20-12-6-4-3-5-11(12)14(16)17/h3-7,14H,8H2,1-2H3,(H,20,21). The zero-order valence-electron chi connectivity index (χ0n) is 12.1. The van der Waals surface area contributed by atoms with E-state index in [4.69, 9.17) is 0 Å². The Morgan fingerprint density at radius 3 is 2.50 bits per heavy atom. The highest BCUT2D eigenvalue weighted by Crippen LogP contribution is 2.26. The number of anilines is 1. The van der Waals surface area contributed by atoms with Gasteiger partial charge < -0.3 is 5.32 Å². The molecular formula is C15H15F2N3OS. The molecule has 0 radical (unpaired) electrons. The number of aromatic nitrogens is 2. The lowest BCUT2D eigenvalue weighted by molar-refractivity contribution is -0.113. The second kappa shape index (κ2) is 7.31. The average Bonchev–Trinajstić information content (AvgIpc) is 2.44. The van der Waals surface area contributed by atoms with Crippen molar-refractivity contribution in [1.29, 1.82) is 0 Å². The fourth-order valence-electron chi connectivity index (χ4n) is 1.88. The van der Waals surface area contributed by atoms with Crippen LogP contribution in [-0.2, 0) is 4.79 Å². The normalized spacial score (nSPS) is 10.8. The molecule has 1 aromatic carbocycles. The second-order valence-corrected chi connectivity index (χ2v) is 5.60. The van der Waals surface area contributed by atoms with Crippen molar-refractivity contribution in [3.05, 3.63) is 47.3 Å². The largest absolute Gasteiger partial charge is 0.325 e. The minimum Gasteiger partial charge on any atom is -0.325 e. The first-order chi connectivity index (χ1) is 10.5. The molecule has 0 aliphatic heterocycles. The topological polar surface area (TPSA) is 54.9 Å². The second-order valence-electron chi connectivity index (χ2n) is 4.66. The monoisotopic (exact) mass is 323 g/mol. The fourth-order valence-corrected chi connectivity index (χ4v) is 2.63. The van der Waals surface area contributed by atoms with Crippen molar-refractivity contribution in [2.75, 3.05) is 11.1 Å². The molecule has 2 aromatic rings. The summed E-state index contributed by atoms with van der Waals surface area (Å²) in [4.78, 5) is 20.3. The van der Waals surface area contributed by atoms with Gasteiger partial charge in [0.15, 0.2) is 5.16 Å². The summed E-state index contributed by atoms with van der Waals surface area (Å²) < 4.78 is 25.7. The van der Waals surface area contributed by atoms with E-state index in [1.54, 1.807) is 6.07 Å². The highest BCUT2D eigenvalue weighted by Gasteiger charge is 2.14. The van der Waals surface area contributed by atoms with Crippen molar-refractivity contribution >= 4 is 23.4 Å². The van der Waals surface area contributed by atoms with Crippen LogP contribution in [0.1, 0.15) is 23.4 Å². The van der Waals surface area contributed by atoms with E-state index >= 15 is 0 Å². The van der Waals surface area contributed by atoms with Gasteiger partial charge in [-0.3, -0.25) is 4.79 Å². The third-order valence-corrected chi connectivity index (χ3v) is 3.61. The first kappa shape index (κ1) is 16.4. The number of aryl methyl sites for hydroxylation is 2. The Labute approximate surface area is 131 Å². The van der Waals surface area contributed by atoms with Crippen molar-refractivity contribution in [1.82, 2.24) is 9.97 Å². The minimum absolute atomic E-state index is 0.0560. The smallest absolute Gasteiger partial charge is 0.265 e.